The van der Waals surface area contributed by atoms with Gasteiger partial charge in [-0.25, -0.2) is 0 Å². The number of halogens is 5. The van der Waals surface area contributed by atoms with Gasteiger partial charge in [0.05, 0.1) is 0 Å². The van der Waals surface area contributed by atoms with Gasteiger partial charge in [-0.1, -0.05) is 17.7 Å². The second-order valence-electron chi connectivity index (χ2n) is 2.43. The van der Waals surface area contributed by atoms with E-state index in [-0.39, 0.29) is 16.7 Å². The van der Waals surface area contributed by atoms with E-state index in [4.69, 9.17) is 23.2 Å². The Morgan fingerprint density at radius 2 is 1.93 bits per heavy atom. The predicted octanol–water partition coefficient (Wildman–Crippen LogP) is 3.98. The summed E-state index contributed by atoms with van der Waals surface area (Å²) in [4.78, 5) is 0. The Kier molecular flexibility index (Phi) is 3.50. The third-order valence-electron chi connectivity index (χ3n) is 1.40. The molecule has 0 saturated heterocycles. The maximum Gasteiger partial charge on any atom is 0.573 e. The fourth-order valence-corrected chi connectivity index (χ4v) is 1.37. The van der Waals surface area contributed by atoms with Crippen LogP contribution < -0.4 is 4.74 Å². The highest BCUT2D eigenvalue weighted by Gasteiger charge is 2.31. The highest BCUT2D eigenvalue weighted by molar-refractivity contribution is 6.32. The van der Waals surface area contributed by atoms with Gasteiger partial charge in [0, 0.05) is 10.9 Å². The lowest BCUT2D eigenvalue weighted by molar-refractivity contribution is -0.274. The van der Waals surface area contributed by atoms with Gasteiger partial charge in [-0.15, -0.1) is 24.8 Å². The highest BCUT2D eigenvalue weighted by atomic mass is 35.5. The molecule has 1 rings (SSSR count). The minimum absolute atomic E-state index is 0.144. The summed E-state index contributed by atoms with van der Waals surface area (Å²) in [5.41, 5.74) is 0.558. The minimum atomic E-state index is -4.70. The van der Waals surface area contributed by atoms with Crippen molar-refractivity contribution in [1.29, 1.82) is 0 Å². The summed E-state index contributed by atoms with van der Waals surface area (Å²) in [5, 5.41) is 0.154. The maximum absolute atomic E-state index is 11.8. The smallest absolute Gasteiger partial charge is 0.406 e. The molecule has 0 fully saturated rings. The number of ether oxygens (including phenoxy) is 1. The van der Waals surface area contributed by atoms with E-state index in [2.05, 4.69) is 4.74 Å². The molecule has 1 aromatic carbocycles. The Morgan fingerprint density at radius 1 is 1.29 bits per heavy atom. The fourth-order valence-electron chi connectivity index (χ4n) is 0.834. The first-order chi connectivity index (χ1) is 6.42. The molecule has 1 aromatic rings. The molecule has 0 aromatic heterocycles. The van der Waals surface area contributed by atoms with Gasteiger partial charge >= 0.3 is 6.36 Å². The van der Waals surface area contributed by atoms with Crippen LogP contribution in [0.3, 0.4) is 0 Å². The van der Waals surface area contributed by atoms with Crippen LogP contribution in [0, 0.1) is 0 Å². The summed E-state index contributed by atoms with van der Waals surface area (Å²) in [7, 11) is 0. The first-order valence-corrected chi connectivity index (χ1v) is 4.44. The van der Waals surface area contributed by atoms with E-state index in [1.54, 1.807) is 0 Å². The van der Waals surface area contributed by atoms with E-state index in [0.29, 0.717) is 5.56 Å². The summed E-state index contributed by atoms with van der Waals surface area (Å²) in [6, 6.07) is 3.63. The topological polar surface area (TPSA) is 9.23 Å². The summed E-state index contributed by atoms with van der Waals surface area (Å²) in [5.74, 6) is -0.207. The number of alkyl halides is 4. The average Bonchev–Trinajstić information content (AvgIpc) is 2.01. The molecule has 0 aliphatic heterocycles. The van der Waals surface area contributed by atoms with Crippen molar-refractivity contribution in [3.63, 3.8) is 0 Å². The average molecular weight is 245 g/mol. The van der Waals surface area contributed by atoms with Crippen LogP contribution in [-0.2, 0) is 5.88 Å². The quantitative estimate of drug-likeness (QED) is 0.716. The molecule has 0 amide bonds. The Bertz CT molecular complexity index is 325. The molecule has 6 heteroatoms. The second-order valence-corrected chi connectivity index (χ2v) is 3.11. The van der Waals surface area contributed by atoms with E-state index in [0.717, 1.165) is 12.1 Å². The van der Waals surface area contributed by atoms with Crippen molar-refractivity contribution >= 4 is 23.2 Å². The van der Waals surface area contributed by atoms with E-state index in [1.807, 2.05) is 0 Å². The largest absolute Gasteiger partial charge is 0.573 e. The normalized spacial score (nSPS) is 11.5. The van der Waals surface area contributed by atoms with E-state index < -0.39 is 6.36 Å². The summed E-state index contributed by atoms with van der Waals surface area (Å²) in [6.07, 6.45) is -4.70. The van der Waals surface area contributed by atoms with Gasteiger partial charge in [-0.05, 0) is 17.7 Å². The predicted molar refractivity (Wildman–Crippen MR) is 47.7 cm³/mol. The van der Waals surface area contributed by atoms with Gasteiger partial charge in [0.15, 0.2) is 0 Å². The molecule has 0 saturated carbocycles. The summed E-state index contributed by atoms with van der Waals surface area (Å²) >= 11 is 11.1. The number of hydrogen-bond donors (Lipinski definition) is 0. The van der Waals surface area contributed by atoms with Crippen LogP contribution in [0.2, 0.25) is 5.02 Å². The standard InChI is InChI=1S/C8H5Cl2F3O/c9-4-5-1-2-6(3-7(5)10)14-8(11,12)13/h1-3H,4H2. The van der Waals surface area contributed by atoms with Gasteiger partial charge in [-0.3, -0.25) is 0 Å². The monoisotopic (exact) mass is 244 g/mol. The van der Waals surface area contributed by atoms with E-state index in [9.17, 15) is 13.2 Å². The van der Waals surface area contributed by atoms with Crippen molar-refractivity contribution in [2.75, 3.05) is 0 Å². The lowest BCUT2D eigenvalue weighted by Crippen LogP contribution is -2.17. The van der Waals surface area contributed by atoms with Gasteiger partial charge in [0.2, 0.25) is 0 Å². The molecule has 0 unspecified atom stereocenters. The number of hydrogen-bond acceptors (Lipinski definition) is 1. The Morgan fingerprint density at radius 3 is 2.36 bits per heavy atom. The van der Waals surface area contributed by atoms with Crippen LogP contribution in [0.1, 0.15) is 5.56 Å². The maximum atomic E-state index is 11.8. The van der Waals surface area contributed by atoms with Crippen LogP contribution in [0.5, 0.6) is 5.75 Å². The molecule has 0 bridgehead atoms. The van der Waals surface area contributed by atoms with Gasteiger partial charge in [0.1, 0.15) is 5.75 Å². The molecule has 0 radical (unpaired) electrons. The molecule has 0 heterocycles. The number of benzene rings is 1. The first-order valence-electron chi connectivity index (χ1n) is 3.52. The zero-order chi connectivity index (χ0) is 10.8. The molecule has 14 heavy (non-hydrogen) atoms. The second kappa shape index (κ2) is 4.28. The van der Waals surface area contributed by atoms with Crippen LogP contribution >= 0.6 is 23.2 Å². The van der Waals surface area contributed by atoms with Crippen LogP contribution in [-0.4, -0.2) is 6.36 Å². The summed E-state index contributed by atoms with van der Waals surface area (Å²) in [6.45, 7) is 0. The van der Waals surface area contributed by atoms with Crippen molar-refractivity contribution in [3.05, 3.63) is 28.8 Å². The molecule has 1 nitrogen and oxygen atoms in total. The first kappa shape index (κ1) is 11.5. The fraction of sp³-hybridized carbons (Fsp3) is 0.250. The van der Waals surface area contributed by atoms with Crippen molar-refractivity contribution < 1.29 is 17.9 Å². The van der Waals surface area contributed by atoms with Gasteiger partial charge in [0.25, 0.3) is 0 Å². The van der Waals surface area contributed by atoms with Crippen LogP contribution in [0.15, 0.2) is 18.2 Å². The zero-order valence-corrected chi connectivity index (χ0v) is 8.25. The Hall–Kier alpha value is -0.610. The Balaban J connectivity index is 2.87. The molecule has 0 aliphatic rings. The van der Waals surface area contributed by atoms with Crippen molar-refractivity contribution in [3.8, 4) is 5.75 Å². The van der Waals surface area contributed by atoms with Crippen LogP contribution in [0.25, 0.3) is 0 Å². The third-order valence-corrected chi connectivity index (χ3v) is 2.04. The minimum Gasteiger partial charge on any atom is -0.406 e. The van der Waals surface area contributed by atoms with Gasteiger partial charge < -0.3 is 4.74 Å². The van der Waals surface area contributed by atoms with E-state index in [1.165, 1.54) is 6.07 Å². The SMILES string of the molecule is FC(F)(F)Oc1ccc(CCl)c(Cl)c1. The van der Waals surface area contributed by atoms with Crippen molar-refractivity contribution in [2.45, 2.75) is 12.2 Å². The zero-order valence-electron chi connectivity index (χ0n) is 6.74. The highest BCUT2D eigenvalue weighted by Crippen LogP contribution is 2.28. The molecule has 0 atom stereocenters. The molecule has 0 spiro atoms. The molecule has 0 aliphatic carbocycles. The van der Waals surface area contributed by atoms with Gasteiger partial charge in [-0.2, -0.15) is 0 Å². The summed E-state index contributed by atoms with van der Waals surface area (Å²) < 4.78 is 38.9. The van der Waals surface area contributed by atoms with E-state index >= 15 is 0 Å². The molecule has 78 valence electrons. The number of rotatable bonds is 2. The molecular weight excluding hydrogens is 240 g/mol. The van der Waals surface area contributed by atoms with Crippen molar-refractivity contribution in [1.82, 2.24) is 0 Å². The molecule has 0 N–H and O–H groups in total. The lowest BCUT2D eigenvalue weighted by atomic mass is 10.2. The Labute approximate surface area is 88.4 Å². The van der Waals surface area contributed by atoms with Crippen LogP contribution in [0.4, 0.5) is 13.2 Å². The lowest BCUT2D eigenvalue weighted by Gasteiger charge is -2.09. The molecular formula is C8H5Cl2F3O. The van der Waals surface area contributed by atoms with Crippen molar-refractivity contribution in [2.24, 2.45) is 0 Å². The third kappa shape index (κ3) is 3.27.